The summed E-state index contributed by atoms with van der Waals surface area (Å²) in [5, 5.41) is 0. The van der Waals surface area contributed by atoms with E-state index in [1.54, 1.807) is 17.0 Å². The molecule has 1 amide bonds. The van der Waals surface area contributed by atoms with Gasteiger partial charge in [0, 0.05) is 31.7 Å². The van der Waals surface area contributed by atoms with Gasteiger partial charge < -0.3 is 14.2 Å². The Morgan fingerprint density at radius 3 is 2.14 bits per heavy atom. The van der Waals surface area contributed by atoms with Gasteiger partial charge in [-0.25, -0.2) is 0 Å². The van der Waals surface area contributed by atoms with Gasteiger partial charge in [0.1, 0.15) is 0 Å². The zero-order valence-corrected chi connectivity index (χ0v) is 17.6. The third-order valence-corrected chi connectivity index (χ3v) is 6.10. The monoisotopic (exact) mass is 412 g/mol. The van der Waals surface area contributed by atoms with Crippen molar-refractivity contribution in [3.05, 3.63) is 29.3 Å². The number of hydrogen-bond donors (Lipinski definition) is 0. The summed E-state index contributed by atoms with van der Waals surface area (Å²) in [6, 6.07) is 5.38. The molecule has 2 aliphatic rings. The highest BCUT2D eigenvalue weighted by Gasteiger charge is 2.52. The second-order valence-electron chi connectivity index (χ2n) is 8.84. The largest absolute Gasteiger partial charge is 0.495 e. The van der Waals surface area contributed by atoms with Gasteiger partial charge in [-0.1, -0.05) is 11.6 Å². The van der Waals surface area contributed by atoms with E-state index in [0.29, 0.717) is 5.56 Å². The quantitative estimate of drug-likeness (QED) is 0.716. The second kappa shape index (κ2) is 7.59. The fourth-order valence-corrected chi connectivity index (χ4v) is 3.54. The van der Waals surface area contributed by atoms with Crippen molar-refractivity contribution >= 4 is 18.5 Å². The molecule has 0 unspecified atom stereocenters. The lowest BCUT2D eigenvalue weighted by molar-refractivity contribution is -0.148. The summed E-state index contributed by atoms with van der Waals surface area (Å²) >= 11 is 0. The molecule has 0 N–H and O–H groups in total. The van der Waals surface area contributed by atoms with E-state index in [2.05, 4.69) is 0 Å². The minimum Gasteiger partial charge on any atom is -0.399 e. The summed E-state index contributed by atoms with van der Waals surface area (Å²) in [5.74, 6) is -0.186. The lowest BCUT2D eigenvalue weighted by atomic mass is 9.75. The fourth-order valence-electron chi connectivity index (χ4n) is 3.54. The Kier molecular flexibility index (Phi) is 5.79. The van der Waals surface area contributed by atoms with Crippen molar-refractivity contribution in [3.63, 3.8) is 0 Å². The van der Waals surface area contributed by atoms with Crippen LogP contribution in [0.3, 0.4) is 0 Å². The topological polar surface area (TPSA) is 42.0 Å². The van der Waals surface area contributed by atoms with E-state index in [1.165, 1.54) is 4.90 Å². The lowest BCUT2D eigenvalue weighted by Gasteiger charge is -2.35. The molecule has 0 aliphatic carbocycles. The van der Waals surface area contributed by atoms with Gasteiger partial charge in [0.15, 0.2) is 0 Å². The number of carbonyl (C=O) groups is 1. The molecule has 0 saturated carbocycles. The fraction of sp³-hybridized carbons (Fsp3) is 0.650. The summed E-state index contributed by atoms with van der Waals surface area (Å²) in [6.45, 7) is 9.84. The van der Waals surface area contributed by atoms with Crippen molar-refractivity contribution in [2.75, 3.05) is 32.7 Å². The molecule has 0 aromatic heterocycles. The van der Waals surface area contributed by atoms with Crippen LogP contribution in [0.15, 0.2) is 18.2 Å². The maximum Gasteiger partial charge on any atom is 0.495 e. The van der Waals surface area contributed by atoms with Crippen LogP contribution in [-0.2, 0) is 9.31 Å². The maximum atomic E-state index is 12.9. The Morgan fingerprint density at radius 1 is 1.07 bits per heavy atom. The Morgan fingerprint density at radius 2 is 1.62 bits per heavy atom. The summed E-state index contributed by atoms with van der Waals surface area (Å²) in [5.41, 5.74) is 1.27. The first kappa shape index (κ1) is 22.1. The Hall–Kier alpha value is -1.58. The Balaban J connectivity index is 1.71. The number of aryl methyl sites for hydroxylation is 1. The number of hydrogen-bond acceptors (Lipinski definition) is 4. The van der Waals surface area contributed by atoms with Gasteiger partial charge in [-0.3, -0.25) is 9.69 Å². The number of nitrogens with zero attached hydrogens (tertiary/aromatic N) is 2. The summed E-state index contributed by atoms with van der Waals surface area (Å²) in [6.07, 6.45) is -4.22. The number of amides is 1. The first-order valence-corrected chi connectivity index (χ1v) is 9.84. The predicted octanol–water partition coefficient (Wildman–Crippen LogP) is 2.61. The molecule has 160 valence electrons. The molecule has 29 heavy (non-hydrogen) atoms. The molecule has 5 nitrogen and oxygen atoms in total. The molecule has 2 aliphatic heterocycles. The van der Waals surface area contributed by atoms with Crippen LogP contribution in [0.1, 0.15) is 43.6 Å². The zero-order chi connectivity index (χ0) is 21.6. The van der Waals surface area contributed by atoms with Gasteiger partial charge >= 0.3 is 13.3 Å². The van der Waals surface area contributed by atoms with Crippen LogP contribution in [0.5, 0.6) is 0 Å². The van der Waals surface area contributed by atoms with Crippen molar-refractivity contribution in [1.29, 1.82) is 0 Å². The van der Waals surface area contributed by atoms with E-state index in [9.17, 15) is 18.0 Å². The minimum atomic E-state index is -4.22. The average Bonchev–Trinajstić information content (AvgIpc) is 2.81. The number of halogens is 3. The second-order valence-corrected chi connectivity index (χ2v) is 8.84. The van der Waals surface area contributed by atoms with Crippen molar-refractivity contribution in [1.82, 2.24) is 9.80 Å². The third kappa shape index (κ3) is 4.78. The third-order valence-electron chi connectivity index (χ3n) is 6.10. The van der Waals surface area contributed by atoms with E-state index in [4.69, 9.17) is 9.31 Å². The minimum absolute atomic E-state index is 0.186. The van der Waals surface area contributed by atoms with Crippen LogP contribution in [0.4, 0.5) is 13.2 Å². The van der Waals surface area contributed by atoms with Crippen LogP contribution in [-0.4, -0.2) is 72.9 Å². The first-order valence-electron chi connectivity index (χ1n) is 9.84. The zero-order valence-electron chi connectivity index (χ0n) is 17.6. The first-order chi connectivity index (χ1) is 13.3. The summed E-state index contributed by atoms with van der Waals surface area (Å²) < 4.78 is 49.9. The SMILES string of the molecule is Cc1ccc(C(=O)N2CCN(CC(F)(F)F)CC2)cc1B1OC(C)(C)C(C)(C)O1. The van der Waals surface area contributed by atoms with Gasteiger partial charge in [-0.15, -0.1) is 0 Å². The van der Waals surface area contributed by atoms with Gasteiger partial charge in [0.25, 0.3) is 5.91 Å². The van der Waals surface area contributed by atoms with Crippen LogP contribution < -0.4 is 5.46 Å². The molecule has 2 saturated heterocycles. The maximum absolute atomic E-state index is 12.9. The number of rotatable bonds is 3. The Bertz CT molecular complexity index is 759. The van der Waals surface area contributed by atoms with Gasteiger partial charge in [0.2, 0.25) is 0 Å². The molecule has 0 spiro atoms. The Labute approximate surface area is 170 Å². The number of piperazine rings is 1. The van der Waals surface area contributed by atoms with E-state index in [1.807, 2.05) is 40.7 Å². The molecule has 0 bridgehead atoms. The van der Waals surface area contributed by atoms with Gasteiger partial charge in [-0.2, -0.15) is 13.2 Å². The van der Waals surface area contributed by atoms with Crippen molar-refractivity contribution in [2.45, 2.75) is 52.0 Å². The van der Waals surface area contributed by atoms with E-state index >= 15 is 0 Å². The van der Waals surface area contributed by atoms with E-state index < -0.39 is 31.0 Å². The highest BCUT2D eigenvalue weighted by atomic mass is 19.4. The van der Waals surface area contributed by atoms with Crippen molar-refractivity contribution in [3.8, 4) is 0 Å². The normalized spacial score (nSPS) is 22.2. The van der Waals surface area contributed by atoms with Crippen LogP contribution in [0, 0.1) is 6.92 Å². The molecule has 1 aromatic rings. The smallest absolute Gasteiger partial charge is 0.399 e. The molecule has 1 aromatic carbocycles. The summed E-state index contributed by atoms with van der Waals surface area (Å²) in [7, 11) is -0.573. The standard InChI is InChI=1S/C20H28BF3N2O3/c1-14-6-7-15(12-16(14)21-28-18(2,3)19(4,5)29-21)17(27)26-10-8-25(9-11-26)13-20(22,23)24/h6-7,12H,8-11,13H2,1-5H3. The van der Waals surface area contributed by atoms with Crippen LogP contribution in [0.25, 0.3) is 0 Å². The molecule has 3 rings (SSSR count). The van der Waals surface area contributed by atoms with Crippen molar-refractivity contribution < 1.29 is 27.3 Å². The molecule has 9 heteroatoms. The molecular formula is C20H28BF3N2O3. The average molecular weight is 412 g/mol. The summed E-state index contributed by atoms with van der Waals surface area (Å²) in [4.78, 5) is 15.9. The molecule has 0 radical (unpaired) electrons. The molecular weight excluding hydrogens is 384 g/mol. The number of benzene rings is 1. The highest BCUT2D eigenvalue weighted by Crippen LogP contribution is 2.36. The van der Waals surface area contributed by atoms with Crippen LogP contribution >= 0.6 is 0 Å². The van der Waals surface area contributed by atoms with Gasteiger partial charge in [0.05, 0.1) is 17.7 Å². The number of alkyl halides is 3. The molecule has 2 fully saturated rings. The molecule has 2 heterocycles. The van der Waals surface area contributed by atoms with E-state index in [0.717, 1.165) is 11.0 Å². The van der Waals surface area contributed by atoms with Gasteiger partial charge in [-0.05, 0) is 52.2 Å². The lowest BCUT2D eigenvalue weighted by Crippen LogP contribution is -2.51. The van der Waals surface area contributed by atoms with Crippen LogP contribution in [0.2, 0.25) is 0 Å². The predicted molar refractivity (Wildman–Crippen MR) is 105 cm³/mol. The van der Waals surface area contributed by atoms with Crippen molar-refractivity contribution in [2.24, 2.45) is 0 Å². The molecule has 0 atom stereocenters. The number of carbonyl (C=O) groups excluding carboxylic acids is 1. The van der Waals surface area contributed by atoms with E-state index in [-0.39, 0.29) is 32.1 Å². The highest BCUT2D eigenvalue weighted by molar-refractivity contribution is 6.62.